The first-order valence-corrected chi connectivity index (χ1v) is 1.94. The summed E-state index contributed by atoms with van der Waals surface area (Å²) >= 11 is 0. The van der Waals surface area contributed by atoms with E-state index < -0.39 is 0 Å². The molecular weight excluding hydrogens is 110 g/mol. The zero-order valence-electron chi connectivity index (χ0n) is 4.56. The summed E-state index contributed by atoms with van der Waals surface area (Å²) in [6.45, 7) is 1.93. The smallest absolute Gasteiger partial charge is 0.0655 e. The first-order chi connectivity index (χ1) is 2.81. The molecular formula is C5H10ClN. The van der Waals surface area contributed by atoms with E-state index in [4.69, 9.17) is 6.42 Å². The fourth-order valence-corrected chi connectivity index (χ4v) is 0.0833. The maximum atomic E-state index is 4.97. The molecule has 0 saturated heterocycles. The van der Waals surface area contributed by atoms with Crippen molar-refractivity contribution in [2.45, 2.75) is 13.0 Å². The van der Waals surface area contributed by atoms with E-state index in [1.54, 1.807) is 0 Å². The normalized spacial score (nSPS) is 11.0. The largest absolute Gasteiger partial charge is 0.307 e. The van der Waals surface area contributed by atoms with Gasteiger partial charge in [-0.15, -0.1) is 18.8 Å². The molecule has 0 radical (unpaired) electrons. The Morgan fingerprint density at radius 2 is 2.14 bits per heavy atom. The van der Waals surface area contributed by atoms with Gasteiger partial charge in [0.1, 0.15) is 0 Å². The molecule has 0 saturated carbocycles. The van der Waals surface area contributed by atoms with E-state index >= 15 is 0 Å². The number of halogens is 1. The fraction of sp³-hybridized carbons (Fsp3) is 0.600. The van der Waals surface area contributed by atoms with Gasteiger partial charge in [-0.05, 0) is 14.0 Å². The van der Waals surface area contributed by atoms with E-state index in [9.17, 15) is 0 Å². The summed E-state index contributed by atoms with van der Waals surface area (Å²) < 4.78 is 0. The van der Waals surface area contributed by atoms with Crippen molar-refractivity contribution < 1.29 is 0 Å². The van der Waals surface area contributed by atoms with Gasteiger partial charge in [0, 0.05) is 0 Å². The second kappa shape index (κ2) is 5.81. The molecule has 0 aromatic carbocycles. The molecule has 2 heteroatoms. The molecule has 1 nitrogen and oxygen atoms in total. The topological polar surface area (TPSA) is 12.0 Å². The van der Waals surface area contributed by atoms with Crippen molar-refractivity contribution in [1.82, 2.24) is 5.32 Å². The Bertz CT molecular complexity index is 65.0. The number of hydrogen-bond donors (Lipinski definition) is 1. The zero-order chi connectivity index (χ0) is 4.99. The summed E-state index contributed by atoms with van der Waals surface area (Å²) in [7, 11) is 1.84. The molecule has 7 heavy (non-hydrogen) atoms. The Hall–Kier alpha value is -0.190. The third-order valence-corrected chi connectivity index (χ3v) is 0.683. The fourth-order valence-electron chi connectivity index (χ4n) is 0.0833. The van der Waals surface area contributed by atoms with E-state index in [1.807, 2.05) is 14.0 Å². The predicted octanol–water partition coefficient (Wildman–Crippen LogP) is 0.649. The second-order valence-corrected chi connectivity index (χ2v) is 1.18. The molecule has 0 aliphatic heterocycles. The Morgan fingerprint density at radius 1 is 1.71 bits per heavy atom. The highest BCUT2D eigenvalue weighted by Gasteiger charge is 1.82. The van der Waals surface area contributed by atoms with Gasteiger partial charge in [0.25, 0.3) is 0 Å². The molecule has 0 rings (SSSR count). The maximum absolute atomic E-state index is 4.97. The van der Waals surface area contributed by atoms with Crippen molar-refractivity contribution in [2.24, 2.45) is 0 Å². The molecule has 0 bridgehead atoms. The van der Waals surface area contributed by atoms with Crippen LogP contribution >= 0.6 is 12.4 Å². The lowest BCUT2D eigenvalue weighted by Crippen LogP contribution is -2.17. The molecule has 0 aromatic heterocycles. The number of rotatable bonds is 1. The first-order valence-electron chi connectivity index (χ1n) is 1.94. The van der Waals surface area contributed by atoms with Crippen molar-refractivity contribution >= 4 is 12.4 Å². The third-order valence-electron chi connectivity index (χ3n) is 0.683. The van der Waals surface area contributed by atoms with Crippen LogP contribution < -0.4 is 5.32 Å². The summed E-state index contributed by atoms with van der Waals surface area (Å²) in [4.78, 5) is 0. The summed E-state index contributed by atoms with van der Waals surface area (Å²) in [5.74, 6) is 2.50. The van der Waals surface area contributed by atoms with Crippen LogP contribution in [0.3, 0.4) is 0 Å². The van der Waals surface area contributed by atoms with E-state index in [2.05, 4.69) is 11.2 Å². The lowest BCUT2D eigenvalue weighted by molar-refractivity contribution is 0.750. The third kappa shape index (κ3) is 5.81. The summed E-state index contributed by atoms with van der Waals surface area (Å²) in [5.41, 5.74) is 0. The Kier molecular flexibility index (Phi) is 8.25. The minimum absolute atomic E-state index is 0. The predicted molar refractivity (Wildman–Crippen MR) is 34.6 cm³/mol. The van der Waals surface area contributed by atoms with E-state index in [-0.39, 0.29) is 18.4 Å². The number of nitrogens with one attached hydrogen (secondary N) is 1. The van der Waals surface area contributed by atoms with Crippen LogP contribution in [0.5, 0.6) is 0 Å². The lowest BCUT2D eigenvalue weighted by atomic mass is 10.4. The molecule has 1 N–H and O–H groups in total. The number of hydrogen-bond acceptors (Lipinski definition) is 1. The van der Waals surface area contributed by atoms with Crippen molar-refractivity contribution in [3.63, 3.8) is 0 Å². The number of terminal acetylenes is 1. The average molecular weight is 120 g/mol. The molecule has 1 atom stereocenters. The lowest BCUT2D eigenvalue weighted by Gasteiger charge is -1.95. The van der Waals surface area contributed by atoms with Gasteiger partial charge in [0.15, 0.2) is 0 Å². The van der Waals surface area contributed by atoms with Crippen molar-refractivity contribution in [1.29, 1.82) is 0 Å². The minimum Gasteiger partial charge on any atom is -0.307 e. The van der Waals surface area contributed by atoms with Crippen LogP contribution in [-0.4, -0.2) is 13.1 Å². The minimum atomic E-state index is 0. The molecule has 0 amide bonds. The first kappa shape index (κ1) is 9.94. The molecule has 0 fully saturated rings. The van der Waals surface area contributed by atoms with Gasteiger partial charge in [-0.2, -0.15) is 0 Å². The Labute approximate surface area is 50.9 Å². The Balaban J connectivity index is 0. The summed E-state index contributed by atoms with van der Waals surface area (Å²) in [6, 6.07) is 0.213. The molecule has 0 spiro atoms. The molecule has 42 valence electrons. The van der Waals surface area contributed by atoms with Gasteiger partial charge in [0.05, 0.1) is 6.04 Å². The highest BCUT2D eigenvalue weighted by atomic mass is 35.5. The van der Waals surface area contributed by atoms with Crippen LogP contribution in [-0.2, 0) is 0 Å². The van der Waals surface area contributed by atoms with Crippen LogP contribution in [0, 0.1) is 12.3 Å². The maximum Gasteiger partial charge on any atom is 0.0655 e. The van der Waals surface area contributed by atoms with E-state index in [0.717, 1.165) is 0 Å². The standard InChI is InChI=1S/C5H9N.ClH/c1-4-5(2)6-3;/h1,5-6H,2-3H3;1H/t5-;/m0./s1. The monoisotopic (exact) mass is 119 g/mol. The average Bonchev–Trinajstić information content (AvgIpc) is 1.65. The van der Waals surface area contributed by atoms with Crippen molar-refractivity contribution in [3.8, 4) is 12.3 Å². The molecule has 0 aromatic rings. The van der Waals surface area contributed by atoms with Crippen LogP contribution in [0.2, 0.25) is 0 Å². The molecule has 0 aliphatic rings. The van der Waals surface area contributed by atoms with Gasteiger partial charge in [0.2, 0.25) is 0 Å². The summed E-state index contributed by atoms with van der Waals surface area (Å²) in [5, 5.41) is 2.88. The van der Waals surface area contributed by atoms with Gasteiger partial charge in [-0.1, -0.05) is 5.92 Å². The van der Waals surface area contributed by atoms with Crippen LogP contribution in [0.4, 0.5) is 0 Å². The highest BCUT2D eigenvalue weighted by Crippen LogP contribution is 1.67. The van der Waals surface area contributed by atoms with Crippen molar-refractivity contribution in [2.75, 3.05) is 7.05 Å². The van der Waals surface area contributed by atoms with Crippen LogP contribution in [0.25, 0.3) is 0 Å². The Morgan fingerprint density at radius 3 is 2.14 bits per heavy atom. The van der Waals surface area contributed by atoms with E-state index in [0.29, 0.717) is 0 Å². The van der Waals surface area contributed by atoms with Gasteiger partial charge < -0.3 is 5.32 Å². The zero-order valence-corrected chi connectivity index (χ0v) is 5.38. The van der Waals surface area contributed by atoms with Crippen LogP contribution in [0.15, 0.2) is 0 Å². The van der Waals surface area contributed by atoms with Gasteiger partial charge in [-0.3, -0.25) is 0 Å². The summed E-state index contributed by atoms with van der Waals surface area (Å²) in [6.07, 6.45) is 4.97. The SMILES string of the molecule is C#C[C@H](C)NC.Cl. The van der Waals surface area contributed by atoms with E-state index in [1.165, 1.54) is 0 Å². The molecule has 0 aliphatic carbocycles. The van der Waals surface area contributed by atoms with Gasteiger partial charge in [-0.25, -0.2) is 0 Å². The highest BCUT2D eigenvalue weighted by molar-refractivity contribution is 5.85. The quantitative estimate of drug-likeness (QED) is 0.500. The van der Waals surface area contributed by atoms with Crippen molar-refractivity contribution in [3.05, 3.63) is 0 Å². The second-order valence-electron chi connectivity index (χ2n) is 1.18. The molecule has 0 unspecified atom stereocenters. The van der Waals surface area contributed by atoms with Gasteiger partial charge >= 0.3 is 0 Å². The van der Waals surface area contributed by atoms with Crippen LogP contribution in [0.1, 0.15) is 6.92 Å². The molecule has 0 heterocycles.